The van der Waals surface area contributed by atoms with Crippen LogP contribution in [0.2, 0.25) is 0 Å². The third-order valence-electron chi connectivity index (χ3n) is 2.12. The van der Waals surface area contributed by atoms with Crippen LogP contribution in [-0.4, -0.2) is 21.8 Å². The van der Waals surface area contributed by atoms with E-state index < -0.39 is 4.92 Å². The Hall–Kier alpha value is -1.96. The standard InChI is InChI=1S/C10H7N5O2S3/c1-18-10-7(4-11)9(20-14-10)13-12-5-6-2-3-8(19-6)15(16)17/h2-3,5,13H,1H3/b12-5+. The van der Waals surface area contributed by atoms with Crippen molar-refractivity contribution in [1.29, 1.82) is 5.26 Å². The molecule has 0 aliphatic rings. The number of nitro groups is 1. The third-order valence-corrected chi connectivity index (χ3v) is 4.64. The number of rotatable bonds is 5. The first-order valence-corrected chi connectivity index (χ1v) is 7.94. The maximum atomic E-state index is 10.5. The second kappa shape index (κ2) is 6.47. The Morgan fingerprint density at radius 1 is 1.65 bits per heavy atom. The van der Waals surface area contributed by atoms with E-state index in [2.05, 4.69) is 21.0 Å². The number of nitrogens with one attached hydrogen (secondary N) is 1. The minimum atomic E-state index is -0.447. The third kappa shape index (κ3) is 3.13. The molecule has 0 radical (unpaired) electrons. The van der Waals surface area contributed by atoms with Crippen LogP contribution in [0.15, 0.2) is 22.3 Å². The molecule has 7 nitrogen and oxygen atoms in total. The highest BCUT2D eigenvalue weighted by Crippen LogP contribution is 2.29. The number of hydrogen-bond donors (Lipinski definition) is 1. The first-order chi connectivity index (χ1) is 9.65. The highest BCUT2D eigenvalue weighted by atomic mass is 32.2. The summed E-state index contributed by atoms with van der Waals surface area (Å²) in [6, 6.07) is 5.10. The lowest BCUT2D eigenvalue weighted by atomic mass is 10.4. The predicted molar refractivity (Wildman–Crippen MR) is 80.8 cm³/mol. The second-order valence-corrected chi connectivity index (χ2v) is 5.97. The molecule has 0 unspecified atom stereocenters. The van der Waals surface area contributed by atoms with E-state index >= 15 is 0 Å². The van der Waals surface area contributed by atoms with E-state index in [-0.39, 0.29) is 5.00 Å². The number of nitriles is 1. The SMILES string of the molecule is CSc1nsc(N/N=C/c2ccc([N+](=O)[O-])s2)c1C#N. The molecule has 0 amide bonds. The summed E-state index contributed by atoms with van der Waals surface area (Å²) in [5.74, 6) is 0. The molecule has 1 N–H and O–H groups in total. The average Bonchev–Trinajstić information content (AvgIpc) is 3.05. The molecule has 0 saturated carbocycles. The monoisotopic (exact) mass is 325 g/mol. The summed E-state index contributed by atoms with van der Waals surface area (Å²) in [4.78, 5) is 10.7. The van der Waals surface area contributed by atoms with Crippen molar-refractivity contribution >= 4 is 50.8 Å². The van der Waals surface area contributed by atoms with Gasteiger partial charge in [-0.25, -0.2) is 0 Å². The van der Waals surface area contributed by atoms with Gasteiger partial charge in [0.25, 0.3) is 0 Å². The van der Waals surface area contributed by atoms with Crippen LogP contribution in [0.3, 0.4) is 0 Å². The number of thiophene rings is 1. The Kier molecular flexibility index (Phi) is 4.67. The van der Waals surface area contributed by atoms with E-state index in [1.807, 2.05) is 6.26 Å². The Bertz CT molecular complexity index is 700. The van der Waals surface area contributed by atoms with Gasteiger partial charge in [-0.1, -0.05) is 11.3 Å². The van der Waals surface area contributed by atoms with Crippen molar-refractivity contribution in [2.75, 3.05) is 11.7 Å². The summed E-state index contributed by atoms with van der Waals surface area (Å²) in [5.41, 5.74) is 3.19. The number of aromatic nitrogens is 1. The largest absolute Gasteiger partial charge is 0.324 e. The minimum absolute atomic E-state index is 0.0617. The topological polar surface area (TPSA) is 104 Å². The van der Waals surface area contributed by atoms with Crippen LogP contribution in [0.4, 0.5) is 10.0 Å². The molecule has 2 rings (SSSR count). The van der Waals surface area contributed by atoms with E-state index in [9.17, 15) is 10.1 Å². The van der Waals surface area contributed by atoms with Crippen LogP contribution in [0.1, 0.15) is 10.4 Å². The molecule has 2 aromatic rings. The van der Waals surface area contributed by atoms with Crippen molar-refractivity contribution < 1.29 is 4.92 Å². The number of hydrazone groups is 1. The van der Waals surface area contributed by atoms with Gasteiger partial charge < -0.3 is 0 Å². The lowest BCUT2D eigenvalue weighted by Gasteiger charge is -1.94. The van der Waals surface area contributed by atoms with Gasteiger partial charge in [0.05, 0.1) is 16.0 Å². The molecular formula is C10H7N5O2S3. The van der Waals surface area contributed by atoms with Gasteiger partial charge in [0, 0.05) is 6.07 Å². The van der Waals surface area contributed by atoms with Gasteiger partial charge in [-0.05, 0) is 23.9 Å². The fourth-order valence-corrected chi connectivity index (χ4v) is 3.37. The van der Waals surface area contributed by atoms with Gasteiger partial charge in [-0.3, -0.25) is 15.5 Å². The second-order valence-electron chi connectivity index (χ2n) is 3.31. The average molecular weight is 325 g/mol. The highest BCUT2D eigenvalue weighted by molar-refractivity contribution is 7.98. The zero-order chi connectivity index (χ0) is 14.5. The van der Waals surface area contributed by atoms with E-state index in [4.69, 9.17) is 5.26 Å². The van der Waals surface area contributed by atoms with E-state index in [0.29, 0.717) is 20.5 Å². The van der Waals surface area contributed by atoms with Crippen LogP contribution in [0.5, 0.6) is 0 Å². The summed E-state index contributed by atoms with van der Waals surface area (Å²) in [7, 11) is 0. The Labute approximate surface area is 126 Å². The van der Waals surface area contributed by atoms with Crippen molar-refractivity contribution in [3.8, 4) is 6.07 Å². The van der Waals surface area contributed by atoms with Crippen molar-refractivity contribution in [3.63, 3.8) is 0 Å². The van der Waals surface area contributed by atoms with Crippen LogP contribution in [0.25, 0.3) is 0 Å². The molecule has 2 aromatic heterocycles. The number of hydrogen-bond acceptors (Lipinski definition) is 9. The molecule has 0 spiro atoms. The molecule has 2 heterocycles. The first-order valence-electron chi connectivity index (χ1n) is 5.12. The van der Waals surface area contributed by atoms with Crippen molar-refractivity contribution in [2.24, 2.45) is 5.10 Å². The summed E-state index contributed by atoms with van der Waals surface area (Å²) >= 11 is 3.56. The number of anilines is 1. The smallest absolute Gasteiger partial charge is 0.266 e. The van der Waals surface area contributed by atoms with Crippen LogP contribution in [0, 0.1) is 21.4 Å². The molecule has 10 heteroatoms. The fourth-order valence-electron chi connectivity index (χ4n) is 1.25. The van der Waals surface area contributed by atoms with Crippen molar-refractivity contribution in [1.82, 2.24) is 4.37 Å². The molecule has 102 valence electrons. The number of nitrogens with zero attached hydrogens (tertiary/aromatic N) is 4. The molecule has 0 fully saturated rings. The number of thioether (sulfide) groups is 1. The quantitative estimate of drug-likeness (QED) is 0.392. The van der Waals surface area contributed by atoms with Gasteiger partial charge in [-0.15, -0.1) is 11.8 Å². The van der Waals surface area contributed by atoms with Gasteiger partial charge >= 0.3 is 5.00 Å². The lowest BCUT2D eigenvalue weighted by molar-refractivity contribution is -0.380. The van der Waals surface area contributed by atoms with Gasteiger partial charge in [0.1, 0.15) is 21.7 Å². The highest BCUT2D eigenvalue weighted by Gasteiger charge is 2.12. The van der Waals surface area contributed by atoms with Crippen LogP contribution < -0.4 is 5.43 Å². The Balaban J connectivity index is 2.08. The van der Waals surface area contributed by atoms with E-state index in [1.54, 1.807) is 6.07 Å². The Morgan fingerprint density at radius 3 is 3.05 bits per heavy atom. The summed E-state index contributed by atoms with van der Waals surface area (Å²) < 4.78 is 4.12. The Morgan fingerprint density at radius 2 is 2.45 bits per heavy atom. The summed E-state index contributed by atoms with van der Waals surface area (Å²) in [6.45, 7) is 0. The summed E-state index contributed by atoms with van der Waals surface area (Å²) in [5, 5.41) is 24.8. The summed E-state index contributed by atoms with van der Waals surface area (Å²) in [6.07, 6.45) is 3.31. The van der Waals surface area contributed by atoms with Crippen molar-refractivity contribution in [3.05, 3.63) is 32.7 Å². The zero-order valence-electron chi connectivity index (χ0n) is 10.1. The van der Waals surface area contributed by atoms with Crippen LogP contribution in [-0.2, 0) is 0 Å². The molecule has 0 atom stereocenters. The molecule has 0 aliphatic carbocycles. The van der Waals surface area contributed by atoms with Crippen LogP contribution >= 0.6 is 34.6 Å². The molecule has 0 saturated heterocycles. The van der Waals surface area contributed by atoms with Gasteiger partial charge in [0.15, 0.2) is 0 Å². The van der Waals surface area contributed by atoms with E-state index in [1.165, 1.54) is 24.0 Å². The molecule has 20 heavy (non-hydrogen) atoms. The van der Waals surface area contributed by atoms with E-state index in [0.717, 1.165) is 22.9 Å². The molecule has 0 aliphatic heterocycles. The van der Waals surface area contributed by atoms with Crippen molar-refractivity contribution in [2.45, 2.75) is 5.03 Å². The lowest BCUT2D eigenvalue weighted by Crippen LogP contribution is -1.89. The molecular weight excluding hydrogens is 318 g/mol. The minimum Gasteiger partial charge on any atom is -0.266 e. The first kappa shape index (κ1) is 14.4. The van der Waals surface area contributed by atoms with Gasteiger partial charge in [0.2, 0.25) is 0 Å². The maximum Gasteiger partial charge on any atom is 0.324 e. The fraction of sp³-hybridized carbons (Fsp3) is 0.100. The molecule has 0 bridgehead atoms. The molecule has 0 aromatic carbocycles. The van der Waals surface area contributed by atoms with Gasteiger partial charge in [-0.2, -0.15) is 14.7 Å². The normalized spacial score (nSPS) is 10.6. The zero-order valence-corrected chi connectivity index (χ0v) is 12.5. The maximum absolute atomic E-state index is 10.5. The predicted octanol–water partition coefficient (Wildman–Crippen LogP) is 3.15.